The normalized spacial score (nSPS) is 12.0. The highest BCUT2D eigenvalue weighted by molar-refractivity contribution is 6.21. The SMILES string of the molecule is c1ccc(-c2cc(-n3c4ccccc4c4c5c(ccc43)-c3ccccc3N(c3ccccc3)c3ccccc3-5)nc(-c3ccccc3)n2)cc1. The third-order valence-corrected chi connectivity index (χ3v) is 9.75. The van der Waals surface area contributed by atoms with Crippen LogP contribution in [-0.4, -0.2) is 14.5 Å². The molecule has 0 aliphatic carbocycles. The third kappa shape index (κ3) is 4.39. The zero-order chi connectivity index (χ0) is 33.0. The van der Waals surface area contributed by atoms with Gasteiger partial charge in [-0.25, -0.2) is 9.97 Å². The van der Waals surface area contributed by atoms with Crippen LogP contribution in [0.25, 0.3) is 72.5 Å². The number of para-hydroxylation sites is 4. The number of benzene rings is 7. The molecule has 0 fully saturated rings. The average molecular weight is 639 g/mol. The van der Waals surface area contributed by atoms with E-state index in [2.05, 4.69) is 167 Å². The van der Waals surface area contributed by atoms with Gasteiger partial charge < -0.3 is 4.90 Å². The van der Waals surface area contributed by atoms with Crippen molar-refractivity contribution >= 4 is 38.9 Å². The van der Waals surface area contributed by atoms with Crippen molar-refractivity contribution in [3.05, 3.63) is 182 Å². The lowest BCUT2D eigenvalue weighted by Gasteiger charge is -2.27. The van der Waals surface area contributed by atoms with Crippen LogP contribution in [-0.2, 0) is 0 Å². The Labute approximate surface area is 290 Å². The Morgan fingerprint density at radius 2 is 1.02 bits per heavy atom. The Kier molecular flexibility index (Phi) is 6.46. The van der Waals surface area contributed by atoms with E-state index < -0.39 is 0 Å². The summed E-state index contributed by atoms with van der Waals surface area (Å²) in [5.41, 5.74) is 13.4. The number of hydrogen-bond acceptors (Lipinski definition) is 3. The topological polar surface area (TPSA) is 34.0 Å². The molecule has 0 N–H and O–H groups in total. The second kappa shape index (κ2) is 11.4. The van der Waals surface area contributed by atoms with Crippen molar-refractivity contribution in [2.45, 2.75) is 0 Å². The van der Waals surface area contributed by atoms with Crippen LogP contribution < -0.4 is 4.90 Å². The van der Waals surface area contributed by atoms with Crippen molar-refractivity contribution in [2.24, 2.45) is 0 Å². The molecule has 1 aliphatic heterocycles. The molecule has 1 aliphatic rings. The van der Waals surface area contributed by atoms with Crippen molar-refractivity contribution in [1.29, 1.82) is 0 Å². The Morgan fingerprint density at radius 3 is 1.78 bits per heavy atom. The standard InChI is InChI=1S/C46H30N4/c1-4-16-31(17-5-1)38-30-43(48-46(47-38)32-18-6-2-7-19-32)50-41-27-15-12-24-37(41)45-42(50)29-28-35-34-22-10-13-25-39(34)49(33-20-8-3-9-21-33)40-26-14-11-23-36(40)44(35)45/h1-30H. The molecule has 9 aromatic rings. The monoisotopic (exact) mass is 638 g/mol. The van der Waals surface area contributed by atoms with Gasteiger partial charge in [-0.1, -0.05) is 140 Å². The molecule has 4 heteroatoms. The minimum atomic E-state index is 0.695. The Balaban J connectivity index is 1.32. The summed E-state index contributed by atoms with van der Waals surface area (Å²) in [4.78, 5) is 12.8. The largest absolute Gasteiger partial charge is 0.309 e. The maximum Gasteiger partial charge on any atom is 0.162 e. The first-order chi connectivity index (χ1) is 24.8. The first-order valence-electron chi connectivity index (χ1n) is 16.9. The van der Waals surface area contributed by atoms with Gasteiger partial charge in [0.2, 0.25) is 0 Å². The van der Waals surface area contributed by atoms with Crippen LogP contribution in [0, 0.1) is 0 Å². The van der Waals surface area contributed by atoms with Crippen molar-refractivity contribution in [1.82, 2.24) is 14.5 Å². The summed E-state index contributed by atoms with van der Waals surface area (Å²) >= 11 is 0. The lowest BCUT2D eigenvalue weighted by Crippen LogP contribution is -2.10. The Morgan fingerprint density at radius 1 is 0.420 bits per heavy atom. The molecule has 0 atom stereocenters. The molecule has 4 nitrogen and oxygen atoms in total. The van der Waals surface area contributed by atoms with Gasteiger partial charge in [0.25, 0.3) is 0 Å². The van der Waals surface area contributed by atoms with E-state index in [9.17, 15) is 0 Å². The van der Waals surface area contributed by atoms with E-state index in [4.69, 9.17) is 9.97 Å². The van der Waals surface area contributed by atoms with Crippen LogP contribution in [0.2, 0.25) is 0 Å². The molecular weight excluding hydrogens is 609 g/mol. The summed E-state index contributed by atoms with van der Waals surface area (Å²) < 4.78 is 2.32. The fraction of sp³-hybridized carbons (Fsp3) is 0. The maximum absolute atomic E-state index is 5.28. The number of fused-ring (bicyclic) bond motifs is 9. The minimum absolute atomic E-state index is 0.695. The Hall–Kier alpha value is -6.78. The van der Waals surface area contributed by atoms with Gasteiger partial charge in [0.1, 0.15) is 5.82 Å². The summed E-state index contributed by atoms with van der Waals surface area (Å²) in [5.74, 6) is 1.53. The zero-order valence-electron chi connectivity index (χ0n) is 27.1. The first-order valence-corrected chi connectivity index (χ1v) is 16.9. The highest BCUT2D eigenvalue weighted by atomic mass is 15.2. The average Bonchev–Trinajstić information content (AvgIpc) is 3.47. The van der Waals surface area contributed by atoms with Crippen molar-refractivity contribution < 1.29 is 0 Å². The first kappa shape index (κ1) is 28.3. The number of rotatable bonds is 4. The summed E-state index contributed by atoms with van der Waals surface area (Å²) in [5, 5.41) is 2.39. The van der Waals surface area contributed by atoms with E-state index >= 15 is 0 Å². The minimum Gasteiger partial charge on any atom is -0.309 e. The lowest BCUT2D eigenvalue weighted by atomic mass is 9.90. The molecular formula is C46H30N4. The van der Waals surface area contributed by atoms with Gasteiger partial charge in [0.05, 0.1) is 28.1 Å². The highest BCUT2D eigenvalue weighted by Crippen LogP contribution is 2.53. The molecule has 10 rings (SSSR count). The molecule has 0 amide bonds. The van der Waals surface area contributed by atoms with Crippen LogP contribution in [0.3, 0.4) is 0 Å². The van der Waals surface area contributed by atoms with Gasteiger partial charge in [0, 0.05) is 50.3 Å². The zero-order valence-corrected chi connectivity index (χ0v) is 27.1. The molecule has 50 heavy (non-hydrogen) atoms. The van der Waals surface area contributed by atoms with E-state index in [1.165, 1.54) is 33.0 Å². The molecule has 7 aromatic carbocycles. The van der Waals surface area contributed by atoms with Gasteiger partial charge in [0.15, 0.2) is 5.82 Å². The molecule has 3 heterocycles. The predicted octanol–water partition coefficient (Wildman–Crippen LogP) is 12.0. The van der Waals surface area contributed by atoms with Gasteiger partial charge in [-0.15, -0.1) is 0 Å². The Bertz CT molecular complexity index is 2640. The lowest BCUT2D eigenvalue weighted by molar-refractivity contribution is 1.05. The molecule has 0 spiro atoms. The summed E-state index contributed by atoms with van der Waals surface area (Å²) in [7, 11) is 0. The number of anilines is 3. The van der Waals surface area contributed by atoms with E-state index in [-0.39, 0.29) is 0 Å². The van der Waals surface area contributed by atoms with Crippen molar-refractivity contribution in [3.8, 4) is 50.7 Å². The molecule has 2 aromatic heterocycles. The van der Waals surface area contributed by atoms with Crippen LogP contribution in [0.5, 0.6) is 0 Å². The van der Waals surface area contributed by atoms with E-state index in [0.717, 1.165) is 50.7 Å². The van der Waals surface area contributed by atoms with Crippen LogP contribution >= 0.6 is 0 Å². The van der Waals surface area contributed by atoms with Crippen molar-refractivity contribution in [3.63, 3.8) is 0 Å². The maximum atomic E-state index is 5.28. The highest BCUT2D eigenvalue weighted by Gasteiger charge is 2.29. The fourth-order valence-electron chi connectivity index (χ4n) is 7.60. The smallest absolute Gasteiger partial charge is 0.162 e. The second-order valence-electron chi connectivity index (χ2n) is 12.6. The fourth-order valence-corrected chi connectivity index (χ4v) is 7.60. The van der Waals surface area contributed by atoms with E-state index in [0.29, 0.717) is 5.82 Å². The quantitative estimate of drug-likeness (QED) is 0.192. The molecule has 0 saturated carbocycles. The predicted molar refractivity (Wildman–Crippen MR) is 206 cm³/mol. The molecule has 0 bridgehead atoms. The molecule has 0 radical (unpaired) electrons. The number of nitrogens with zero attached hydrogens (tertiary/aromatic N) is 4. The molecule has 0 unspecified atom stereocenters. The van der Waals surface area contributed by atoms with Gasteiger partial charge in [-0.05, 0) is 42.0 Å². The van der Waals surface area contributed by atoms with Crippen LogP contribution in [0.4, 0.5) is 17.1 Å². The van der Waals surface area contributed by atoms with Crippen LogP contribution in [0.15, 0.2) is 182 Å². The number of aromatic nitrogens is 3. The third-order valence-electron chi connectivity index (χ3n) is 9.75. The van der Waals surface area contributed by atoms with Crippen molar-refractivity contribution in [2.75, 3.05) is 4.90 Å². The summed E-state index contributed by atoms with van der Waals surface area (Å²) in [6, 6.07) is 64.3. The molecule has 0 saturated heterocycles. The second-order valence-corrected chi connectivity index (χ2v) is 12.6. The van der Waals surface area contributed by atoms with Gasteiger partial charge in [-0.2, -0.15) is 0 Å². The molecule has 234 valence electrons. The summed E-state index contributed by atoms with van der Waals surface area (Å²) in [6.07, 6.45) is 0. The number of hydrogen-bond donors (Lipinski definition) is 0. The van der Waals surface area contributed by atoms with Crippen LogP contribution in [0.1, 0.15) is 0 Å². The van der Waals surface area contributed by atoms with E-state index in [1.54, 1.807) is 0 Å². The summed E-state index contributed by atoms with van der Waals surface area (Å²) in [6.45, 7) is 0. The van der Waals surface area contributed by atoms with Gasteiger partial charge >= 0.3 is 0 Å². The van der Waals surface area contributed by atoms with Gasteiger partial charge in [-0.3, -0.25) is 4.57 Å². The van der Waals surface area contributed by atoms with E-state index in [1.807, 2.05) is 24.3 Å².